The van der Waals surface area contributed by atoms with Gasteiger partial charge in [-0.3, -0.25) is 14.9 Å². The number of hydrogen-bond donors (Lipinski definition) is 2. The van der Waals surface area contributed by atoms with Gasteiger partial charge >= 0.3 is 5.97 Å². The highest BCUT2D eigenvalue weighted by Gasteiger charge is 2.14. The van der Waals surface area contributed by atoms with E-state index in [2.05, 4.69) is 5.32 Å². The molecule has 0 radical (unpaired) electrons. The smallest absolute Gasteiger partial charge is 0.320 e. The molecule has 0 saturated heterocycles. The summed E-state index contributed by atoms with van der Waals surface area (Å²) < 4.78 is 0. The molecule has 0 unspecified atom stereocenters. The fraction of sp³-hybridized carbons (Fsp3) is 0.429. The van der Waals surface area contributed by atoms with Crippen LogP contribution in [0, 0.1) is 6.92 Å². The summed E-state index contributed by atoms with van der Waals surface area (Å²) >= 11 is 0. The molecule has 1 aromatic carbocycles. The number of nitrogens with zero attached hydrogens (tertiary/aromatic N) is 1. The summed E-state index contributed by atoms with van der Waals surface area (Å²) in [7, 11) is 1.71. The number of benzene rings is 1. The first-order chi connectivity index (χ1) is 8.91. The van der Waals surface area contributed by atoms with Crippen molar-refractivity contribution >= 4 is 11.9 Å². The van der Waals surface area contributed by atoms with Crippen LogP contribution in [0.2, 0.25) is 0 Å². The number of nitrogens with one attached hydrogen (secondary N) is 1. The highest BCUT2D eigenvalue weighted by atomic mass is 16.4. The Morgan fingerprint density at radius 1 is 1.37 bits per heavy atom. The van der Waals surface area contributed by atoms with Crippen LogP contribution >= 0.6 is 0 Å². The Kier molecular flexibility index (Phi) is 5.51. The Morgan fingerprint density at radius 3 is 2.58 bits per heavy atom. The number of carboxylic acids is 1. The summed E-state index contributed by atoms with van der Waals surface area (Å²) in [6.45, 7) is 4.06. The van der Waals surface area contributed by atoms with Gasteiger partial charge in [0.15, 0.2) is 0 Å². The molecule has 1 atom stereocenters. The summed E-state index contributed by atoms with van der Waals surface area (Å²) in [6, 6.07) is 7.14. The van der Waals surface area contributed by atoms with E-state index in [1.165, 1.54) is 6.92 Å². The van der Waals surface area contributed by atoms with Crippen molar-refractivity contribution in [1.29, 1.82) is 0 Å². The quantitative estimate of drug-likeness (QED) is 0.804. The number of carbonyl (C=O) groups is 2. The molecule has 0 heterocycles. The zero-order chi connectivity index (χ0) is 14.4. The molecule has 0 aromatic heterocycles. The molecule has 2 N–H and O–H groups in total. The Balaban J connectivity index is 2.50. The Hall–Kier alpha value is -1.88. The number of carbonyl (C=O) groups excluding carboxylic acids is 1. The molecule has 1 rings (SSSR count). The maximum Gasteiger partial charge on any atom is 0.320 e. The molecular formula is C14H20N2O3. The highest BCUT2D eigenvalue weighted by Crippen LogP contribution is 2.09. The molecule has 0 saturated carbocycles. The standard InChI is InChI=1S/C14H20N2O3/c1-10-6-4-5-7-12(10)9-16(3)13(17)8-15-11(2)14(18)19/h4-7,11,15H,8-9H2,1-3H3,(H,18,19)/t11-/m1/s1. The number of hydrogen-bond acceptors (Lipinski definition) is 3. The molecule has 5 nitrogen and oxygen atoms in total. The number of aliphatic carboxylic acids is 1. The van der Waals surface area contributed by atoms with E-state index in [-0.39, 0.29) is 12.5 Å². The number of rotatable bonds is 6. The molecule has 1 amide bonds. The average molecular weight is 264 g/mol. The van der Waals surface area contributed by atoms with Crippen molar-refractivity contribution in [3.05, 3.63) is 35.4 Å². The van der Waals surface area contributed by atoms with Crippen LogP contribution in [0.5, 0.6) is 0 Å². The summed E-state index contributed by atoms with van der Waals surface area (Å²) in [4.78, 5) is 24.1. The van der Waals surface area contributed by atoms with E-state index in [0.29, 0.717) is 6.54 Å². The Labute approximate surface area is 113 Å². The molecule has 0 fully saturated rings. The minimum absolute atomic E-state index is 0.0237. The van der Waals surface area contributed by atoms with Crippen LogP contribution in [0.4, 0.5) is 0 Å². The maximum absolute atomic E-state index is 11.9. The second kappa shape index (κ2) is 6.89. The second-order valence-corrected chi connectivity index (χ2v) is 4.62. The van der Waals surface area contributed by atoms with E-state index in [1.54, 1.807) is 11.9 Å². The summed E-state index contributed by atoms with van der Waals surface area (Å²) in [5.41, 5.74) is 2.22. The fourth-order valence-electron chi connectivity index (χ4n) is 1.59. The number of amides is 1. The zero-order valence-electron chi connectivity index (χ0n) is 11.5. The van der Waals surface area contributed by atoms with Gasteiger partial charge in [-0.25, -0.2) is 0 Å². The topological polar surface area (TPSA) is 69.6 Å². The van der Waals surface area contributed by atoms with Crippen molar-refractivity contribution < 1.29 is 14.7 Å². The first-order valence-corrected chi connectivity index (χ1v) is 6.16. The van der Waals surface area contributed by atoms with Crippen molar-refractivity contribution in [3.63, 3.8) is 0 Å². The molecule has 5 heteroatoms. The van der Waals surface area contributed by atoms with Gasteiger partial charge in [-0.05, 0) is 25.0 Å². The third-order valence-electron chi connectivity index (χ3n) is 3.02. The van der Waals surface area contributed by atoms with Gasteiger partial charge in [0.2, 0.25) is 5.91 Å². The van der Waals surface area contributed by atoms with Crippen LogP contribution < -0.4 is 5.32 Å². The minimum atomic E-state index is -0.964. The molecule has 0 aliphatic rings. The Bertz CT molecular complexity index is 460. The molecule has 104 valence electrons. The van der Waals surface area contributed by atoms with Crippen molar-refractivity contribution in [1.82, 2.24) is 10.2 Å². The van der Waals surface area contributed by atoms with E-state index < -0.39 is 12.0 Å². The summed E-state index contributed by atoms with van der Waals surface area (Å²) in [6.07, 6.45) is 0. The normalized spacial score (nSPS) is 11.9. The van der Waals surface area contributed by atoms with E-state index in [9.17, 15) is 9.59 Å². The maximum atomic E-state index is 11.9. The van der Waals surface area contributed by atoms with Gasteiger partial charge in [0, 0.05) is 13.6 Å². The van der Waals surface area contributed by atoms with Gasteiger partial charge in [-0.2, -0.15) is 0 Å². The first kappa shape index (κ1) is 15.2. The van der Waals surface area contributed by atoms with Crippen molar-refractivity contribution in [2.45, 2.75) is 26.4 Å². The van der Waals surface area contributed by atoms with Gasteiger partial charge < -0.3 is 10.0 Å². The molecular weight excluding hydrogens is 244 g/mol. The lowest BCUT2D eigenvalue weighted by Gasteiger charge is -2.19. The van der Waals surface area contributed by atoms with Gasteiger partial charge in [-0.15, -0.1) is 0 Å². The van der Waals surface area contributed by atoms with Gasteiger partial charge in [0.1, 0.15) is 6.04 Å². The third-order valence-corrected chi connectivity index (χ3v) is 3.02. The Morgan fingerprint density at radius 2 is 2.00 bits per heavy atom. The summed E-state index contributed by atoms with van der Waals surface area (Å²) in [5, 5.41) is 11.4. The summed E-state index contributed by atoms with van der Waals surface area (Å²) in [5.74, 6) is -1.09. The van der Waals surface area contributed by atoms with Crippen LogP contribution in [-0.4, -0.2) is 41.5 Å². The third kappa shape index (κ3) is 4.71. The van der Waals surface area contributed by atoms with Gasteiger partial charge in [0.05, 0.1) is 6.54 Å². The molecule has 0 bridgehead atoms. The largest absolute Gasteiger partial charge is 0.480 e. The van der Waals surface area contributed by atoms with Crippen LogP contribution in [0.25, 0.3) is 0 Å². The van der Waals surface area contributed by atoms with E-state index in [1.807, 2.05) is 31.2 Å². The lowest BCUT2D eigenvalue weighted by molar-refractivity contribution is -0.139. The van der Waals surface area contributed by atoms with Crippen molar-refractivity contribution in [3.8, 4) is 0 Å². The molecule has 0 aliphatic heterocycles. The van der Waals surface area contributed by atoms with E-state index in [0.717, 1.165) is 11.1 Å². The van der Waals surface area contributed by atoms with Crippen LogP contribution in [0.15, 0.2) is 24.3 Å². The highest BCUT2D eigenvalue weighted by molar-refractivity contribution is 5.79. The monoisotopic (exact) mass is 264 g/mol. The molecule has 0 aliphatic carbocycles. The predicted molar refractivity (Wildman–Crippen MR) is 72.8 cm³/mol. The fourth-order valence-corrected chi connectivity index (χ4v) is 1.59. The van der Waals surface area contributed by atoms with Gasteiger partial charge in [0.25, 0.3) is 0 Å². The number of aryl methyl sites for hydroxylation is 1. The molecule has 1 aromatic rings. The number of carboxylic acid groups (broad SMARTS) is 1. The van der Waals surface area contributed by atoms with Gasteiger partial charge in [-0.1, -0.05) is 24.3 Å². The van der Waals surface area contributed by atoms with E-state index >= 15 is 0 Å². The van der Waals surface area contributed by atoms with E-state index in [4.69, 9.17) is 5.11 Å². The lowest BCUT2D eigenvalue weighted by Crippen LogP contribution is -2.41. The zero-order valence-corrected chi connectivity index (χ0v) is 11.5. The van der Waals surface area contributed by atoms with Crippen LogP contribution in [0.1, 0.15) is 18.1 Å². The first-order valence-electron chi connectivity index (χ1n) is 6.16. The molecule has 19 heavy (non-hydrogen) atoms. The second-order valence-electron chi connectivity index (χ2n) is 4.62. The SMILES string of the molecule is Cc1ccccc1CN(C)C(=O)CN[C@H](C)C(=O)O. The lowest BCUT2D eigenvalue weighted by atomic mass is 10.1. The average Bonchev–Trinajstić information content (AvgIpc) is 2.37. The molecule has 0 spiro atoms. The van der Waals surface area contributed by atoms with Crippen molar-refractivity contribution in [2.75, 3.05) is 13.6 Å². The van der Waals surface area contributed by atoms with Crippen molar-refractivity contribution in [2.24, 2.45) is 0 Å². The minimum Gasteiger partial charge on any atom is -0.480 e. The number of likely N-dealkylation sites (N-methyl/N-ethyl adjacent to an activating group) is 1. The predicted octanol–water partition coefficient (Wildman–Crippen LogP) is 1.02. The van der Waals surface area contributed by atoms with Crippen LogP contribution in [0.3, 0.4) is 0 Å². The van der Waals surface area contributed by atoms with Crippen LogP contribution in [-0.2, 0) is 16.1 Å².